The number of hydrogen-bond donors (Lipinski definition) is 2. The second kappa shape index (κ2) is 7.85. The number of nitrogens with one attached hydrogen (secondary N) is 2. The van der Waals surface area contributed by atoms with Crippen molar-refractivity contribution in [1.82, 2.24) is 15.5 Å². The van der Waals surface area contributed by atoms with E-state index >= 15 is 0 Å². The zero-order valence-corrected chi connectivity index (χ0v) is 13.2. The van der Waals surface area contributed by atoms with Crippen LogP contribution in [0.5, 0.6) is 0 Å². The number of carbonyl (C=O) groups is 1. The normalized spacial score (nSPS) is 21.4. The zero-order valence-electron chi connectivity index (χ0n) is 13.2. The molecule has 1 fully saturated rings. The van der Waals surface area contributed by atoms with Gasteiger partial charge in [-0.2, -0.15) is 0 Å². The Morgan fingerprint density at radius 2 is 1.84 bits per heavy atom. The Bertz CT molecular complexity index is 273. The SMILES string of the molecule is CNC(=O)C(CC(C)C)NC(C)C1CCN(C)CC1. The molecule has 112 valence electrons. The highest BCUT2D eigenvalue weighted by molar-refractivity contribution is 5.81. The fraction of sp³-hybridized carbons (Fsp3) is 0.933. The average Bonchev–Trinajstić information content (AvgIpc) is 2.37. The molecule has 0 saturated carbocycles. The van der Waals surface area contributed by atoms with Gasteiger partial charge >= 0.3 is 0 Å². The molecular weight excluding hydrogens is 238 g/mol. The molecule has 0 aliphatic carbocycles. The number of piperidine rings is 1. The van der Waals surface area contributed by atoms with E-state index in [2.05, 4.69) is 43.4 Å². The van der Waals surface area contributed by atoms with Crippen LogP contribution in [-0.2, 0) is 4.79 Å². The van der Waals surface area contributed by atoms with Gasteiger partial charge in [0.15, 0.2) is 0 Å². The maximum Gasteiger partial charge on any atom is 0.236 e. The maximum absolute atomic E-state index is 11.9. The first kappa shape index (κ1) is 16.4. The van der Waals surface area contributed by atoms with Gasteiger partial charge < -0.3 is 15.5 Å². The summed E-state index contributed by atoms with van der Waals surface area (Å²) >= 11 is 0. The topological polar surface area (TPSA) is 44.4 Å². The zero-order chi connectivity index (χ0) is 14.4. The molecule has 1 saturated heterocycles. The van der Waals surface area contributed by atoms with Crippen molar-refractivity contribution in [2.75, 3.05) is 27.2 Å². The molecule has 2 N–H and O–H groups in total. The van der Waals surface area contributed by atoms with Gasteiger partial charge in [0.2, 0.25) is 5.91 Å². The number of nitrogens with zero attached hydrogens (tertiary/aromatic N) is 1. The monoisotopic (exact) mass is 269 g/mol. The van der Waals surface area contributed by atoms with E-state index in [9.17, 15) is 4.79 Å². The van der Waals surface area contributed by atoms with E-state index in [0.29, 0.717) is 17.9 Å². The Morgan fingerprint density at radius 3 is 2.32 bits per heavy atom. The lowest BCUT2D eigenvalue weighted by atomic mass is 9.89. The van der Waals surface area contributed by atoms with Crippen molar-refractivity contribution in [2.45, 2.75) is 52.1 Å². The Labute approximate surface area is 118 Å². The molecule has 4 nitrogen and oxygen atoms in total. The third-order valence-electron chi connectivity index (χ3n) is 4.20. The minimum absolute atomic E-state index is 0.0559. The molecule has 19 heavy (non-hydrogen) atoms. The molecule has 4 heteroatoms. The Balaban J connectivity index is 2.50. The van der Waals surface area contributed by atoms with Gasteiger partial charge in [-0.25, -0.2) is 0 Å². The van der Waals surface area contributed by atoms with Crippen LogP contribution in [-0.4, -0.2) is 50.1 Å². The Morgan fingerprint density at radius 1 is 1.26 bits per heavy atom. The van der Waals surface area contributed by atoms with Gasteiger partial charge in [-0.3, -0.25) is 4.79 Å². The summed E-state index contributed by atoms with van der Waals surface area (Å²) in [5.41, 5.74) is 0. The number of likely N-dealkylation sites (N-methyl/N-ethyl adjacent to an activating group) is 1. The van der Waals surface area contributed by atoms with Crippen LogP contribution in [0.2, 0.25) is 0 Å². The number of carbonyl (C=O) groups excluding carboxylic acids is 1. The summed E-state index contributed by atoms with van der Waals surface area (Å²) in [6.45, 7) is 8.90. The molecule has 0 aromatic rings. The van der Waals surface area contributed by atoms with E-state index in [1.807, 2.05) is 0 Å². The molecule has 2 unspecified atom stereocenters. The van der Waals surface area contributed by atoms with Gasteiger partial charge in [-0.1, -0.05) is 13.8 Å². The molecule has 1 aliphatic rings. The summed E-state index contributed by atoms with van der Waals surface area (Å²) in [4.78, 5) is 14.3. The summed E-state index contributed by atoms with van der Waals surface area (Å²) < 4.78 is 0. The second-order valence-electron chi connectivity index (χ2n) is 6.39. The number of hydrogen-bond acceptors (Lipinski definition) is 3. The fourth-order valence-electron chi connectivity index (χ4n) is 2.88. The predicted octanol–water partition coefficient (Wildman–Crippen LogP) is 1.47. The van der Waals surface area contributed by atoms with Crippen LogP contribution in [0.4, 0.5) is 0 Å². The summed E-state index contributed by atoms with van der Waals surface area (Å²) in [5, 5.41) is 6.33. The first-order valence-electron chi connectivity index (χ1n) is 7.60. The number of rotatable bonds is 6. The highest BCUT2D eigenvalue weighted by atomic mass is 16.2. The molecule has 1 heterocycles. The minimum atomic E-state index is -0.0559. The van der Waals surface area contributed by atoms with Crippen LogP contribution < -0.4 is 10.6 Å². The lowest BCUT2D eigenvalue weighted by Crippen LogP contribution is -2.50. The van der Waals surface area contributed by atoms with Gasteiger partial charge in [-0.05, 0) is 58.2 Å². The highest BCUT2D eigenvalue weighted by Crippen LogP contribution is 2.20. The molecule has 0 aromatic carbocycles. The van der Waals surface area contributed by atoms with Crippen molar-refractivity contribution in [1.29, 1.82) is 0 Å². The molecule has 1 rings (SSSR count). The van der Waals surface area contributed by atoms with Crippen LogP contribution in [0.15, 0.2) is 0 Å². The first-order chi connectivity index (χ1) is 8.93. The molecule has 0 aromatic heterocycles. The minimum Gasteiger partial charge on any atom is -0.358 e. The molecule has 2 atom stereocenters. The van der Waals surface area contributed by atoms with Crippen molar-refractivity contribution in [2.24, 2.45) is 11.8 Å². The quantitative estimate of drug-likeness (QED) is 0.767. The summed E-state index contributed by atoms with van der Waals surface area (Å²) in [6.07, 6.45) is 3.36. The molecular formula is C15H31N3O. The Kier molecular flexibility index (Phi) is 6.80. The lowest BCUT2D eigenvalue weighted by molar-refractivity contribution is -0.123. The van der Waals surface area contributed by atoms with Crippen LogP contribution in [0.3, 0.4) is 0 Å². The average molecular weight is 269 g/mol. The second-order valence-corrected chi connectivity index (χ2v) is 6.39. The molecule has 1 aliphatic heterocycles. The number of amides is 1. The molecule has 1 amide bonds. The van der Waals surface area contributed by atoms with Crippen molar-refractivity contribution >= 4 is 5.91 Å². The maximum atomic E-state index is 11.9. The summed E-state index contributed by atoms with van der Waals surface area (Å²) in [6, 6.07) is 0.356. The lowest BCUT2D eigenvalue weighted by Gasteiger charge is -2.35. The van der Waals surface area contributed by atoms with E-state index < -0.39 is 0 Å². The number of likely N-dealkylation sites (tertiary alicyclic amines) is 1. The van der Waals surface area contributed by atoms with Crippen LogP contribution >= 0.6 is 0 Å². The van der Waals surface area contributed by atoms with Crippen LogP contribution in [0.1, 0.15) is 40.0 Å². The van der Waals surface area contributed by atoms with Crippen molar-refractivity contribution < 1.29 is 4.79 Å². The van der Waals surface area contributed by atoms with E-state index in [1.165, 1.54) is 25.9 Å². The molecule has 0 radical (unpaired) electrons. The largest absolute Gasteiger partial charge is 0.358 e. The van der Waals surface area contributed by atoms with Crippen LogP contribution in [0.25, 0.3) is 0 Å². The predicted molar refractivity (Wildman–Crippen MR) is 80.1 cm³/mol. The Hall–Kier alpha value is -0.610. The van der Waals surface area contributed by atoms with Crippen molar-refractivity contribution in [3.8, 4) is 0 Å². The van der Waals surface area contributed by atoms with Gasteiger partial charge in [0.05, 0.1) is 6.04 Å². The standard InChI is InChI=1S/C15H31N3O/c1-11(2)10-14(15(19)16-4)17-12(3)13-6-8-18(5)9-7-13/h11-14,17H,6-10H2,1-5H3,(H,16,19). The van der Waals surface area contributed by atoms with E-state index in [0.717, 1.165) is 6.42 Å². The molecule has 0 spiro atoms. The van der Waals surface area contributed by atoms with Crippen LogP contribution in [0, 0.1) is 11.8 Å². The van der Waals surface area contributed by atoms with Gasteiger partial charge in [-0.15, -0.1) is 0 Å². The third kappa shape index (κ3) is 5.49. The smallest absolute Gasteiger partial charge is 0.236 e. The van der Waals surface area contributed by atoms with Gasteiger partial charge in [0.25, 0.3) is 0 Å². The van der Waals surface area contributed by atoms with E-state index in [-0.39, 0.29) is 11.9 Å². The van der Waals surface area contributed by atoms with Crippen molar-refractivity contribution in [3.63, 3.8) is 0 Å². The fourth-order valence-corrected chi connectivity index (χ4v) is 2.88. The summed E-state index contributed by atoms with van der Waals surface area (Å²) in [7, 11) is 3.90. The third-order valence-corrected chi connectivity index (χ3v) is 4.20. The highest BCUT2D eigenvalue weighted by Gasteiger charge is 2.26. The first-order valence-corrected chi connectivity index (χ1v) is 7.60. The van der Waals surface area contributed by atoms with Crippen molar-refractivity contribution in [3.05, 3.63) is 0 Å². The molecule has 0 bridgehead atoms. The van der Waals surface area contributed by atoms with Gasteiger partial charge in [0, 0.05) is 13.1 Å². The van der Waals surface area contributed by atoms with Gasteiger partial charge in [0.1, 0.15) is 0 Å². The summed E-state index contributed by atoms with van der Waals surface area (Å²) in [5.74, 6) is 1.34. The van der Waals surface area contributed by atoms with E-state index in [4.69, 9.17) is 0 Å². The van der Waals surface area contributed by atoms with E-state index in [1.54, 1.807) is 7.05 Å².